The minimum atomic E-state index is -3.60. The van der Waals surface area contributed by atoms with Gasteiger partial charge in [-0.3, -0.25) is 4.79 Å². The predicted molar refractivity (Wildman–Crippen MR) is 91.5 cm³/mol. The summed E-state index contributed by atoms with van der Waals surface area (Å²) in [5.74, 6) is 0.478. The summed E-state index contributed by atoms with van der Waals surface area (Å²) in [5.41, 5.74) is 1.74. The highest BCUT2D eigenvalue weighted by molar-refractivity contribution is 7.89. The minimum absolute atomic E-state index is 0.156. The topological polar surface area (TPSA) is 79.6 Å². The molecule has 130 valence electrons. The average molecular weight is 350 g/mol. The predicted octanol–water partition coefficient (Wildman–Crippen LogP) is 2.12. The Morgan fingerprint density at radius 1 is 1.25 bits per heavy atom. The molecule has 0 saturated carbocycles. The van der Waals surface area contributed by atoms with Gasteiger partial charge in [0.05, 0.1) is 11.2 Å². The molecule has 0 aliphatic rings. The molecule has 1 aromatic carbocycles. The zero-order valence-electron chi connectivity index (χ0n) is 14.3. The van der Waals surface area contributed by atoms with E-state index in [2.05, 4.69) is 5.32 Å². The molecule has 1 heterocycles. The lowest BCUT2D eigenvalue weighted by Gasteiger charge is -2.16. The van der Waals surface area contributed by atoms with E-state index in [0.29, 0.717) is 24.1 Å². The summed E-state index contributed by atoms with van der Waals surface area (Å²) in [4.78, 5) is 12.5. The second kappa shape index (κ2) is 7.19. The van der Waals surface area contributed by atoms with E-state index in [4.69, 9.17) is 4.42 Å². The van der Waals surface area contributed by atoms with Gasteiger partial charge in [-0.1, -0.05) is 0 Å². The number of aryl methyl sites for hydroxylation is 1. The molecule has 0 atom stereocenters. The van der Waals surface area contributed by atoms with Crippen molar-refractivity contribution in [3.8, 4) is 0 Å². The third kappa shape index (κ3) is 3.85. The number of furan rings is 1. The molecule has 0 unspecified atom stereocenters. The Hall–Kier alpha value is -2.12. The van der Waals surface area contributed by atoms with Gasteiger partial charge in [0.2, 0.25) is 10.0 Å². The molecule has 0 fully saturated rings. The van der Waals surface area contributed by atoms with Crippen LogP contribution in [0, 0.1) is 13.8 Å². The average Bonchev–Trinajstić information content (AvgIpc) is 3.02. The molecule has 1 amide bonds. The minimum Gasteiger partial charge on any atom is -0.469 e. The SMILES string of the molecule is Cc1cc(C(=O)NCCc2ccco2)cc(S(=O)(=O)N(C)C)c1C. The molecular weight excluding hydrogens is 328 g/mol. The van der Waals surface area contributed by atoms with Crippen LogP contribution in [-0.2, 0) is 16.4 Å². The van der Waals surface area contributed by atoms with Crippen molar-refractivity contribution in [1.82, 2.24) is 9.62 Å². The Kier molecular flexibility index (Phi) is 5.46. The first-order chi connectivity index (χ1) is 11.2. The van der Waals surface area contributed by atoms with Crippen LogP contribution in [0.5, 0.6) is 0 Å². The second-order valence-electron chi connectivity index (χ2n) is 5.79. The van der Waals surface area contributed by atoms with E-state index in [9.17, 15) is 13.2 Å². The summed E-state index contributed by atoms with van der Waals surface area (Å²) in [5, 5.41) is 2.78. The Labute approximate surface area is 142 Å². The Balaban J connectivity index is 2.21. The van der Waals surface area contributed by atoms with Crippen LogP contribution >= 0.6 is 0 Å². The summed E-state index contributed by atoms with van der Waals surface area (Å²) in [6.45, 7) is 3.95. The third-order valence-electron chi connectivity index (χ3n) is 3.88. The number of hydrogen-bond acceptors (Lipinski definition) is 4. The Bertz CT molecular complexity index is 825. The number of benzene rings is 1. The van der Waals surface area contributed by atoms with Crippen LogP contribution in [0.4, 0.5) is 0 Å². The highest BCUT2D eigenvalue weighted by atomic mass is 32.2. The van der Waals surface area contributed by atoms with E-state index in [1.54, 1.807) is 32.2 Å². The van der Waals surface area contributed by atoms with E-state index in [-0.39, 0.29) is 10.8 Å². The lowest BCUT2D eigenvalue weighted by molar-refractivity contribution is 0.0953. The van der Waals surface area contributed by atoms with E-state index < -0.39 is 10.0 Å². The van der Waals surface area contributed by atoms with Crippen molar-refractivity contribution in [2.24, 2.45) is 0 Å². The smallest absolute Gasteiger partial charge is 0.251 e. The quantitative estimate of drug-likeness (QED) is 0.865. The van der Waals surface area contributed by atoms with Crippen molar-refractivity contribution in [3.63, 3.8) is 0 Å². The van der Waals surface area contributed by atoms with Crippen LogP contribution in [0.15, 0.2) is 39.8 Å². The van der Waals surface area contributed by atoms with Crippen molar-refractivity contribution in [2.75, 3.05) is 20.6 Å². The van der Waals surface area contributed by atoms with Gasteiger partial charge < -0.3 is 9.73 Å². The summed E-state index contributed by atoms with van der Waals surface area (Å²) in [6, 6.07) is 6.76. The molecule has 24 heavy (non-hydrogen) atoms. The highest BCUT2D eigenvalue weighted by Gasteiger charge is 2.22. The Morgan fingerprint density at radius 3 is 2.54 bits per heavy atom. The number of sulfonamides is 1. The van der Waals surface area contributed by atoms with Crippen LogP contribution in [0.2, 0.25) is 0 Å². The van der Waals surface area contributed by atoms with E-state index >= 15 is 0 Å². The number of nitrogens with zero attached hydrogens (tertiary/aromatic N) is 1. The molecule has 0 radical (unpaired) electrons. The molecule has 0 aliphatic heterocycles. The maximum absolute atomic E-state index is 12.4. The summed E-state index contributed by atoms with van der Waals surface area (Å²) in [6.07, 6.45) is 2.16. The van der Waals surface area contributed by atoms with Gasteiger partial charge in [0.25, 0.3) is 5.91 Å². The van der Waals surface area contributed by atoms with Gasteiger partial charge >= 0.3 is 0 Å². The lowest BCUT2D eigenvalue weighted by atomic mass is 10.1. The van der Waals surface area contributed by atoms with Gasteiger partial charge in [0, 0.05) is 32.6 Å². The van der Waals surface area contributed by atoms with Crippen molar-refractivity contribution in [2.45, 2.75) is 25.2 Å². The fourth-order valence-corrected chi connectivity index (χ4v) is 3.50. The first kappa shape index (κ1) is 18.2. The molecule has 2 aromatic rings. The third-order valence-corrected chi connectivity index (χ3v) is 5.82. The van der Waals surface area contributed by atoms with Crippen LogP contribution in [-0.4, -0.2) is 39.3 Å². The number of amides is 1. The number of rotatable bonds is 6. The first-order valence-corrected chi connectivity index (χ1v) is 9.02. The summed E-state index contributed by atoms with van der Waals surface area (Å²) in [7, 11) is -0.659. The molecule has 0 bridgehead atoms. The van der Waals surface area contributed by atoms with Crippen molar-refractivity contribution < 1.29 is 17.6 Å². The summed E-state index contributed by atoms with van der Waals surface area (Å²) >= 11 is 0. The maximum Gasteiger partial charge on any atom is 0.251 e. The zero-order chi connectivity index (χ0) is 17.9. The number of hydrogen-bond donors (Lipinski definition) is 1. The van der Waals surface area contributed by atoms with Gasteiger partial charge in [0.15, 0.2) is 0 Å². The highest BCUT2D eigenvalue weighted by Crippen LogP contribution is 2.23. The molecule has 1 aromatic heterocycles. The Morgan fingerprint density at radius 2 is 1.96 bits per heavy atom. The second-order valence-corrected chi connectivity index (χ2v) is 7.91. The fraction of sp³-hybridized carbons (Fsp3) is 0.353. The molecule has 2 rings (SSSR count). The lowest BCUT2D eigenvalue weighted by Crippen LogP contribution is -2.27. The standard InChI is InChI=1S/C17H22N2O4S/c1-12-10-14(11-16(13(12)2)24(21,22)19(3)4)17(20)18-8-7-15-6-5-9-23-15/h5-6,9-11H,7-8H2,1-4H3,(H,18,20). The van der Waals surface area contributed by atoms with Gasteiger partial charge in [0.1, 0.15) is 5.76 Å². The maximum atomic E-state index is 12.4. The molecular formula is C17H22N2O4S. The summed E-state index contributed by atoms with van der Waals surface area (Å²) < 4.78 is 31.2. The van der Waals surface area contributed by atoms with Crippen molar-refractivity contribution >= 4 is 15.9 Å². The largest absolute Gasteiger partial charge is 0.469 e. The van der Waals surface area contributed by atoms with E-state index in [1.165, 1.54) is 20.2 Å². The molecule has 0 saturated heterocycles. The molecule has 0 spiro atoms. The monoisotopic (exact) mass is 350 g/mol. The molecule has 1 N–H and O–H groups in total. The zero-order valence-corrected chi connectivity index (χ0v) is 15.1. The van der Waals surface area contributed by atoms with Crippen LogP contribution in [0.1, 0.15) is 27.2 Å². The first-order valence-electron chi connectivity index (χ1n) is 7.58. The molecule has 0 aliphatic carbocycles. The number of carbonyl (C=O) groups is 1. The molecule has 6 nitrogen and oxygen atoms in total. The number of nitrogens with one attached hydrogen (secondary N) is 1. The van der Waals surface area contributed by atoms with Crippen molar-refractivity contribution in [1.29, 1.82) is 0 Å². The van der Waals surface area contributed by atoms with Crippen LogP contribution in [0.3, 0.4) is 0 Å². The number of carbonyl (C=O) groups excluding carboxylic acids is 1. The van der Waals surface area contributed by atoms with Gasteiger partial charge in [-0.05, 0) is 49.2 Å². The normalized spacial score (nSPS) is 11.7. The van der Waals surface area contributed by atoms with Crippen LogP contribution in [0.25, 0.3) is 0 Å². The van der Waals surface area contributed by atoms with Gasteiger partial charge in [-0.25, -0.2) is 12.7 Å². The van der Waals surface area contributed by atoms with Gasteiger partial charge in [-0.2, -0.15) is 0 Å². The molecule has 7 heteroatoms. The van der Waals surface area contributed by atoms with Crippen molar-refractivity contribution in [3.05, 3.63) is 53.0 Å². The van der Waals surface area contributed by atoms with Gasteiger partial charge in [-0.15, -0.1) is 0 Å². The van der Waals surface area contributed by atoms with Crippen LogP contribution < -0.4 is 5.32 Å². The fourth-order valence-electron chi connectivity index (χ4n) is 2.28. The van der Waals surface area contributed by atoms with E-state index in [1.807, 2.05) is 6.07 Å². The van der Waals surface area contributed by atoms with E-state index in [0.717, 1.165) is 15.6 Å².